The average molecular weight is 300 g/mol. The van der Waals surface area contributed by atoms with E-state index in [4.69, 9.17) is 0 Å². The topological polar surface area (TPSA) is 12.0 Å². The highest BCUT2D eigenvalue weighted by Gasteiger charge is 1.99. The van der Waals surface area contributed by atoms with E-state index in [1.165, 1.54) is 10.9 Å². The number of hydrogen-bond acceptors (Lipinski definition) is 2. The second-order valence-electron chi connectivity index (χ2n) is 3.46. The molecule has 1 heterocycles. The normalized spacial score (nSPS) is 10.6. The summed E-state index contributed by atoms with van der Waals surface area (Å²) in [5, 5.41) is 5.33. The van der Waals surface area contributed by atoms with E-state index in [1.54, 1.807) is 17.4 Å². The molecule has 0 atom stereocenters. The van der Waals surface area contributed by atoms with E-state index in [1.807, 2.05) is 12.1 Å². The van der Waals surface area contributed by atoms with E-state index in [9.17, 15) is 4.39 Å². The quantitative estimate of drug-likeness (QED) is 0.902. The van der Waals surface area contributed by atoms with Gasteiger partial charge in [-0.1, -0.05) is 22.0 Å². The summed E-state index contributed by atoms with van der Waals surface area (Å²) >= 11 is 5.00. The van der Waals surface area contributed by atoms with Gasteiger partial charge in [-0.05, 0) is 35.2 Å². The van der Waals surface area contributed by atoms with Crippen LogP contribution in [0.5, 0.6) is 0 Å². The summed E-state index contributed by atoms with van der Waals surface area (Å²) in [6.07, 6.45) is 0. The zero-order valence-corrected chi connectivity index (χ0v) is 10.9. The molecule has 0 unspecified atom stereocenters. The Kier molecular flexibility index (Phi) is 4.09. The van der Waals surface area contributed by atoms with Gasteiger partial charge in [0, 0.05) is 22.4 Å². The predicted octanol–water partition coefficient (Wildman–Crippen LogP) is 3.94. The summed E-state index contributed by atoms with van der Waals surface area (Å²) in [4.78, 5) is 1.29. The van der Waals surface area contributed by atoms with Crippen LogP contribution in [0.2, 0.25) is 0 Å². The van der Waals surface area contributed by atoms with Gasteiger partial charge in [-0.3, -0.25) is 0 Å². The minimum absolute atomic E-state index is 0.206. The van der Waals surface area contributed by atoms with Crippen LogP contribution in [0.3, 0.4) is 0 Å². The molecule has 1 aromatic carbocycles. The second kappa shape index (κ2) is 5.57. The summed E-state index contributed by atoms with van der Waals surface area (Å²) in [5.41, 5.74) is 0.948. The standard InChI is InChI=1S/C12H11BrFNS/c13-10-4-9(5-11(14)6-10)7-15-8-12-2-1-3-16-12/h1-6,15H,7-8H2. The smallest absolute Gasteiger partial charge is 0.124 e. The Labute approximate surface area is 106 Å². The van der Waals surface area contributed by atoms with E-state index >= 15 is 0 Å². The van der Waals surface area contributed by atoms with Crippen LogP contribution in [0.4, 0.5) is 4.39 Å². The van der Waals surface area contributed by atoms with E-state index in [-0.39, 0.29) is 5.82 Å². The van der Waals surface area contributed by atoms with Crippen molar-refractivity contribution in [3.05, 3.63) is 56.4 Å². The van der Waals surface area contributed by atoms with Crippen molar-refractivity contribution in [3.8, 4) is 0 Å². The zero-order chi connectivity index (χ0) is 11.4. The van der Waals surface area contributed by atoms with Gasteiger partial charge in [0.15, 0.2) is 0 Å². The van der Waals surface area contributed by atoms with Crippen LogP contribution in [0.25, 0.3) is 0 Å². The van der Waals surface area contributed by atoms with E-state index in [2.05, 4.69) is 32.7 Å². The molecule has 0 radical (unpaired) electrons. The van der Waals surface area contributed by atoms with Crippen molar-refractivity contribution in [1.29, 1.82) is 0 Å². The van der Waals surface area contributed by atoms with Crippen LogP contribution in [-0.4, -0.2) is 0 Å². The van der Waals surface area contributed by atoms with Crippen LogP contribution in [0, 0.1) is 5.82 Å². The van der Waals surface area contributed by atoms with Crippen molar-refractivity contribution in [2.45, 2.75) is 13.1 Å². The molecule has 84 valence electrons. The minimum Gasteiger partial charge on any atom is -0.308 e. The van der Waals surface area contributed by atoms with Crippen molar-refractivity contribution in [2.24, 2.45) is 0 Å². The number of hydrogen-bond donors (Lipinski definition) is 1. The number of nitrogens with one attached hydrogen (secondary N) is 1. The van der Waals surface area contributed by atoms with Gasteiger partial charge in [0.05, 0.1) is 0 Å². The maximum absolute atomic E-state index is 13.1. The zero-order valence-electron chi connectivity index (χ0n) is 8.54. The Morgan fingerprint density at radius 1 is 1.25 bits per heavy atom. The molecule has 16 heavy (non-hydrogen) atoms. The molecule has 0 spiro atoms. The van der Waals surface area contributed by atoms with Gasteiger partial charge >= 0.3 is 0 Å². The molecular weight excluding hydrogens is 289 g/mol. The van der Waals surface area contributed by atoms with Crippen molar-refractivity contribution in [2.75, 3.05) is 0 Å². The fourth-order valence-electron chi connectivity index (χ4n) is 1.46. The molecule has 0 aliphatic heterocycles. The number of halogens is 2. The average Bonchev–Trinajstić information content (AvgIpc) is 2.69. The highest BCUT2D eigenvalue weighted by Crippen LogP contribution is 2.15. The number of benzene rings is 1. The first-order valence-corrected chi connectivity index (χ1v) is 6.59. The van der Waals surface area contributed by atoms with E-state index in [0.717, 1.165) is 16.6 Å². The summed E-state index contributed by atoms with van der Waals surface area (Å²) in [7, 11) is 0. The van der Waals surface area contributed by atoms with Gasteiger partial charge in [0.25, 0.3) is 0 Å². The molecule has 2 rings (SSSR count). The summed E-state index contributed by atoms with van der Waals surface area (Å²) in [6, 6.07) is 9.04. The Morgan fingerprint density at radius 2 is 2.12 bits per heavy atom. The van der Waals surface area contributed by atoms with Crippen molar-refractivity contribution >= 4 is 27.3 Å². The molecule has 4 heteroatoms. The van der Waals surface area contributed by atoms with Crippen LogP contribution in [0.15, 0.2) is 40.2 Å². The lowest BCUT2D eigenvalue weighted by molar-refractivity contribution is 0.619. The SMILES string of the molecule is Fc1cc(Br)cc(CNCc2cccs2)c1. The summed E-state index contributed by atoms with van der Waals surface area (Å²) in [6.45, 7) is 1.50. The molecule has 0 amide bonds. The largest absolute Gasteiger partial charge is 0.308 e. The second-order valence-corrected chi connectivity index (χ2v) is 5.41. The van der Waals surface area contributed by atoms with Gasteiger partial charge in [-0.2, -0.15) is 0 Å². The third-order valence-corrected chi connectivity index (χ3v) is 3.47. The number of thiophene rings is 1. The van der Waals surface area contributed by atoms with E-state index in [0.29, 0.717) is 6.54 Å². The molecule has 0 bridgehead atoms. The third-order valence-electron chi connectivity index (χ3n) is 2.13. The van der Waals surface area contributed by atoms with Gasteiger partial charge in [-0.25, -0.2) is 4.39 Å². The Morgan fingerprint density at radius 3 is 2.81 bits per heavy atom. The maximum Gasteiger partial charge on any atom is 0.124 e. The third kappa shape index (κ3) is 3.40. The molecule has 0 saturated carbocycles. The minimum atomic E-state index is -0.206. The Balaban J connectivity index is 1.89. The summed E-state index contributed by atoms with van der Waals surface area (Å²) in [5.74, 6) is -0.206. The lowest BCUT2D eigenvalue weighted by atomic mass is 10.2. The molecule has 0 aliphatic rings. The monoisotopic (exact) mass is 299 g/mol. The van der Waals surface area contributed by atoms with Crippen molar-refractivity contribution in [1.82, 2.24) is 5.32 Å². The van der Waals surface area contributed by atoms with Crippen LogP contribution in [0.1, 0.15) is 10.4 Å². The highest BCUT2D eigenvalue weighted by molar-refractivity contribution is 9.10. The van der Waals surface area contributed by atoms with Crippen molar-refractivity contribution in [3.63, 3.8) is 0 Å². The lowest BCUT2D eigenvalue weighted by Crippen LogP contribution is -2.11. The predicted molar refractivity (Wildman–Crippen MR) is 69.0 cm³/mol. The van der Waals surface area contributed by atoms with Crippen LogP contribution < -0.4 is 5.32 Å². The van der Waals surface area contributed by atoms with E-state index < -0.39 is 0 Å². The fourth-order valence-corrected chi connectivity index (χ4v) is 2.64. The molecule has 1 nitrogen and oxygen atoms in total. The maximum atomic E-state index is 13.1. The van der Waals surface area contributed by atoms with Crippen LogP contribution in [-0.2, 0) is 13.1 Å². The lowest BCUT2D eigenvalue weighted by Gasteiger charge is -2.04. The molecule has 0 fully saturated rings. The number of rotatable bonds is 4. The first-order chi connectivity index (χ1) is 7.74. The molecule has 1 aromatic heterocycles. The fraction of sp³-hybridized carbons (Fsp3) is 0.167. The van der Waals surface area contributed by atoms with Crippen LogP contribution >= 0.6 is 27.3 Å². The summed E-state index contributed by atoms with van der Waals surface area (Å²) < 4.78 is 13.9. The Bertz CT molecular complexity index is 436. The Hall–Kier alpha value is -0.710. The molecule has 0 saturated heterocycles. The van der Waals surface area contributed by atoms with Gasteiger partial charge in [0.1, 0.15) is 5.82 Å². The van der Waals surface area contributed by atoms with Gasteiger partial charge in [-0.15, -0.1) is 11.3 Å². The first-order valence-electron chi connectivity index (χ1n) is 4.92. The molecule has 2 aromatic rings. The molecule has 0 aliphatic carbocycles. The van der Waals surface area contributed by atoms with Crippen molar-refractivity contribution < 1.29 is 4.39 Å². The highest BCUT2D eigenvalue weighted by atomic mass is 79.9. The molecule has 1 N–H and O–H groups in total. The first kappa shape index (κ1) is 11.8. The van der Waals surface area contributed by atoms with Gasteiger partial charge < -0.3 is 5.32 Å². The van der Waals surface area contributed by atoms with Gasteiger partial charge in [0.2, 0.25) is 0 Å². The molecular formula is C12H11BrFNS.